The molecule has 0 saturated heterocycles. The molecule has 0 bridgehead atoms. The standard InChI is InChI=1S/C49H34O2P2.OP2S/c50-52(35-17-5-1-6-18-35,36-19-7-2-8-20-36)39-29-31-43-44-32-30-40(53(51,37-21-9-3-10-22-37)38-23-11-4-12-24-38)34-48(44)49(47(43)33-39)45-27-15-13-25-41(45)42-26-14-16-28-46(42)49;1-2-3-4/h1-34H;. The zero-order chi connectivity index (χ0) is 39.0. The fourth-order valence-electron chi connectivity index (χ4n) is 8.95. The van der Waals surface area contributed by atoms with Crippen molar-refractivity contribution in [2.45, 2.75) is 5.41 Å². The molecule has 0 aliphatic heterocycles. The Labute approximate surface area is 341 Å². The van der Waals surface area contributed by atoms with Crippen LogP contribution in [0.25, 0.3) is 22.3 Å². The smallest absolute Gasteiger partial charge is 0.227 e. The van der Waals surface area contributed by atoms with Crippen LogP contribution in [0.15, 0.2) is 206 Å². The average Bonchev–Trinajstić information content (AvgIpc) is 3.76. The van der Waals surface area contributed by atoms with Gasteiger partial charge in [-0.3, -0.25) is 4.57 Å². The van der Waals surface area contributed by atoms with Crippen LogP contribution in [0.2, 0.25) is 0 Å². The first kappa shape index (κ1) is 37.4. The quantitative estimate of drug-likeness (QED) is 0.150. The highest BCUT2D eigenvalue weighted by molar-refractivity contribution is 8.26. The molecule has 10 rings (SSSR count). The van der Waals surface area contributed by atoms with Crippen LogP contribution in [0, 0.1) is 0 Å². The van der Waals surface area contributed by atoms with E-state index in [1.807, 2.05) is 121 Å². The predicted octanol–water partition coefficient (Wildman–Crippen LogP) is 10.9. The first-order valence-electron chi connectivity index (χ1n) is 18.5. The number of hydrogen-bond acceptors (Lipinski definition) is 4. The molecule has 1 spiro atoms. The monoisotopic (exact) mass is 826 g/mol. The van der Waals surface area contributed by atoms with Gasteiger partial charge < -0.3 is 9.13 Å². The van der Waals surface area contributed by atoms with E-state index >= 15 is 9.13 Å². The van der Waals surface area contributed by atoms with E-state index in [4.69, 9.17) is 4.57 Å². The Hall–Kier alpha value is -5.16. The zero-order valence-electron chi connectivity index (χ0n) is 30.6. The van der Waals surface area contributed by atoms with Gasteiger partial charge >= 0.3 is 0 Å². The minimum absolute atomic E-state index is 0.0355. The van der Waals surface area contributed by atoms with Gasteiger partial charge in [-0.1, -0.05) is 194 Å². The van der Waals surface area contributed by atoms with Crippen LogP contribution in [-0.4, -0.2) is 0 Å². The Morgan fingerprint density at radius 1 is 0.351 bits per heavy atom. The van der Waals surface area contributed by atoms with Gasteiger partial charge in [0.2, 0.25) is 8.15 Å². The van der Waals surface area contributed by atoms with Crippen LogP contribution in [0.3, 0.4) is 0 Å². The molecule has 0 radical (unpaired) electrons. The molecule has 0 fully saturated rings. The Balaban J connectivity index is 0.00000101. The molecule has 2 aliphatic rings. The summed E-state index contributed by atoms with van der Waals surface area (Å²) < 4.78 is 40.8. The number of rotatable bonds is 7. The third kappa shape index (κ3) is 5.86. The van der Waals surface area contributed by atoms with E-state index in [-0.39, 0.29) is 8.15 Å². The zero-order valence-corrected chi connectivity index (χ0v) is 34.9. The second-order valence-electron chi connectivity index (χ2n) is 14.0. The normalized spacial score (nSPS) is 13.3. The third-order valence-corrected chi connectivity index (χ3v) is 18.3. The summed E-state index contributed by atoms with van der Waals surface area (Å²) in [5.41, 5.74) is 8.40. The van der Waals surface area contributed by atoms with Crippen molar-refractivity contribution in [1.29, 1.82) is 0 Å². The van der Waals surface area contributed by atoms with Crippen molar-refractivity contribution in [2.24, 2.45) is 0 Å². The van der Waals surface area contributed by atoms with E-state index in [1.54, 1.807) is 0 Å². The second kappa shape index (κ2) is 15.3. The number of fused-ring (bicyclic) bond motifs is 10. The van der Waals surface area contributed by atoms with Crippen LogP contribution in [0.1, 0.15) is 22.3 Å². The van der Waals surface area contributed by atoms with Crippen molar-refractivity contribution >= 4 is 73.1 Å². The molecule has 8 heteroatoms. The molecule has 0 atom stereocenters. The average molecular weight is 827 g/mol. The van der Waals surface area contributed by atoms with E-state index in [0.29, 0.717) is 7.04 Å². The van der Waals surface area contributed by atoms with E-state index < -0.39 is 19.7 Å². The van der Waals surface area contributed by atoms with Crippen molar-refractivity contribution in [3.05, 3.63) is 229 Å². The molecular formula is C49H34O3P4S. The van der Waals surface area contributed by atoms with Crippen molar-refractivity contribution in [3.8, 4) is 22.3 Å². The van der Waals surface area contributed by atoms with Gasteiger partial charge in [0.05, 0.1) is 12.5 Å². The van der Waals surface area contributed by atoms with Crippen LogP contribution in [-0.2, 0) is 30.9 Å². The SMILES string of the molecule is O=P(c1ccccc1)(c1ccccc1)c1ccc2c(c1)C1(c3ccccc3-c3ccccc31)c1cc(P(=O)(c3ccccc3)c3ccccc3)ccc1-2.O=PP=S. The summed E-state index contributed by atoms with van der Waals surface area (Å²) in [6.07, 6.45) is 0. The summed E-state index contributed by atoms with van der Waals surface area (Å²) in [6.45, 7) is 0. The third-order valence-electron chi connectivity index (χ3n) is 11.3. The summed E-state index contributed by atoms with van der Waals surface area (Å²) in [5, 5.41) is 4.80. The summed E-state index contributed by atoms with van der Waals surface area (Å²) in [7, 11) is -6.05. The van der Waals surface area contributed by atoms with Crippen molar-refractivity contribution in [2.75, 3.05) is 0 Å². The van der Waals surface area contributed by atoms with Crippen LogP contribution in [0.5, 0.6) is 0 Å². The van der Waals surface area contributed by atoms with Gasteiger partial charge in [-0.05, 0) is 68.4 Å². The predicted molar refractivity (Wildman–Crippen MR) is 243 cm³/mol. The van der Waals surface area contributed by atoms with Gasteiger partial charge in [-0.25, -0.2) is 0 Å². The van der Waals surface area contributed by atoms with Gasteiger partial charge in [0.15, 0.2) is 14.3 Å². The molecule has 2 aliphatic carbocycles. The first-order chi connectivity index (χ1) is 28.0. The van der Waals surface area contributed by atoms with Gasteiger partial charge in [0.25, 0.3) is 0 Å². The van der Waals surface area contributed by atoms with Crippen LogP contribution >= 0.6 is 29.5 Å². The van der Waals surface area contributed by atoms with Gasteiger partial charge in [-0.15, -0.1) is 0 Å². The Bertz CT molecular complexity index is 2610. The van der Waals surface area contributed by atoms with Crippen LogP contribution < -0.4 is 31.8 Å². The molecule has 8 aromatic rings. The molecule has 8 aromatic carbocycles. The molecule has 0 unspecified atom stereocenters. The Morgan fingerprint density at radius 3 is 0.947 bits per heavy atom. The lowest BCUT2D eigenvalue weighted by Gasteiger charge is -2.32. The summed E-state index contributed by atoms with van der Waals surface area (Å²) in [4.78, 5) is 0. The second-order valence-corrected chi connectivity index (χ2v) is 22.3. The first-order valence-corrected chi connectivity index (χ1v) is 25.4. The Morgan fingerprint density at radius 2 is 0.632 bits per heavy atom. The van der Waals surface area contributed by atoms with E-state index in [2.05, 4.69) is 96.7 Å². The molecule has 3 nitrogen and oxygen atoms in total. The lowest BCUT2D eigenvalue weighted by atomic mass is 9.70. The van der Waals surface area contributed by atoms with Crippen molar-refractivity contribution < 1.29 is 13.7 Å². The molecule has 0 N–H and O–H groups in total. The molecule has 57 heavy (non-hydrogen) atoms. The maximum Gasteiger partial charge on any atom is 0.227 e. The summed E-state index contributed by atoms with van der Waals surface area (Å²) >= 11 is 4.20. The minimum Gasteiger partial charge on any atom is -0.309 e. The van der Waals surface area contributed by atoms with Gasteiger partial charge in [-0.2, -0.15) is 0 Å². The van der Waals surface area contributed by atoms with Crippen molar-refractivity contribution in [3.63, 3.8) is 0 Å². The fourth-order valence-corrected chi connectivity index (χ4v) is 14.3. The summed E-state index contributed by atoms with van der Waals surface area (Å²) in [5.74, 6) is 0. The fraction of sp³-hybridized carbons (Fsp3) is 0.0204. The van der Waals surface area contributed by atoms with E-state index in [9.17, 15) is 0 Å². The molecule has 0 heterocycles. The maximum atomic E-state index is 15.8. The molecular weight excluding hydrogens is 792 g/mol. The van der Waals surface area contributed by atoms with E-state index in [1.165, 1.54) is 22.3 Å². The van der Waals surface area contributed by atoms with Crippen LogP contribution in [0.4, 0.5) is 0 Å². The molecule has 0 amide bonds. The number of hydrogen-bond donors (Lipinski definition) is 0. The lowest BCUT2D eigenvalue weighted by Crippen LogP contribution is -2.31. The van der Waals surface area contributed by atoms with Gasteiger partial charge in [0.1, 0.15) is 0 Å². The van der Waals surface area contributed by atoms with Gasteiger partial charge in [0, 0.05) is 31.8 Å². The summed E-state index contributed by atoms with van der Waals surface area (Å²) in [6, 6.07) is 69.9. The Kier molecular flexibility index (Phi) is 10.0. The van der Waals surface area contributed by atoms with E-state index in [0.717, 1.165) is 54.1 Å². The highest BCUT2D eigenvalue weighted by Crippen LogP contribution is 2.63. The molecule has 274 valence electrons. The van der Waals surface area contributed by atoms with Crippen molar-refractivity contribution in [1.82, 2.24) is 0 Å². The lowest BCUT2D eigenvalue weighted by molar-refractivity contribution is 0.591. The topological polar surface area (TPSA) is 51.2 Å². The molecule has 0 saturated carbocycles. The molecule has 0 aromatic heterocycles. The largest absolute Gasteiger partial charge is 0.309 e. The maximum absolute atomic E-state index is 15.8. The minimum atomic E-state index is -3.29. The number of benzene rings is 8. The highest BCUT2D eigenvalue weighted by Gasteiger charge is 2.52. The highest BCUT2D eigenvalue weighted by atomic mass is 32.6.